The maximum Gasteiger partial charge on any atom is 0.187 e. The smallest absolute Gasteiger partial charge is 0.187 e. The van der Waals surface area contributed by atoms with Crippen molar-refractivity contribution in [1.29, 1.82) is 5.26 Å². The Hall–Kier alpha value is -2.87. The molecule has 1 heterocycles. The zero-order valence-corrected chi connectivity index (χ0v) is 20.2. The lowest BCUT2D eigenvalue weighted by molar-refractivity contribution is 0.100. The number of halogens is 2. The van der Waals surface area contributed by atoms with Crippen LogP contribution in [0.2, 0.25) is 5.02 Å². The zero-order valence-electron chi connectivity index (χ0n) is 17.8. The minimum absolute atomic E-state index is 0.000910. The zero-order chi connectivity index (χ0) is 23.4. The quantitative estimate of drug-likeness (QED) is 0.411. The van der Waals surface area contributed by atoms with E-state index in [1.54, 1.807) is 12.1 Å². The standard InChI is InChI=1S/C26H22BrClN4O/c1-30-23-9-4-19(5-10-23)26(33)17-31-12-13-32(24-11-6-21(27)14-20(24)15-29)25(16-31)18-2-7-22(28)8-3-18/h2-11,14,25-26,33H,12-13,16-17H2/t25-,26+/m0/s1. The van der Waals surface area contributed by atoms with Gasteiger partial charge < -0.3 is 10.0 Å². The van der Waals surface area contributed by atoms with Gasteiger partial charge in [0.2, 0.25) is 0 Å². The van der Waals surface area contributed by atoms with Gasteiger partial charge in [-0.3, -0.25) is 4.90 Å². The van der Waals surface area contributed by atoms with E-state index in [1.165, 1.54) is 0 Å². The molecule has 1 aliphatic heterocycles. The summed E-state index contributed by atoms with van der Waals surface area (Å²) < 4.78 is 0.872. The highest BCUT2D eigenvalue weighted by atomic mass is 79.9. The van der Waals surface area contributed by atoms with E-state index >= 15 is 0 Å². The van der Waals surface area contributed by atoms with E-state index in [-0.39, 0.29) is 6.04 Å². The molecule has 1 aliphatic rings. The minimum Gasteiger partial charge on any atom is -0.387 e. The summed E-state index contributed by atoms with van der Waals surface area (Å²) in [7, 11) is 0. The molecule has 0 aliphatic carbocycles. The monoisotopic (exact) mass is 520 g/mol. The second kappa shape index (κ2) is 10.4. The summed E-state index contributed by atoms with van der Waals surface area (Å²) in [5.74, 6) is 0. The molecule has 1 N–H and O–H groups in total. The number of nitriles is 1. The molecule has 0 radical (unpaired) electrons. The fourth-order valence-corrected chi connectivity index (χ4v) is 4.72. The summed E-state index contributed by atoms with van der Waals surface area (Å²) in [5.41, 5.74) is 3.98. The van der Waals surface area contributed by atoms with Gasteiger partial charge in [-0.25, -0.2) is 4.85 Å². The summed E-state index contributed by atoms with van der Waals surface area (Å²) in [4.78, 5) is 7.92. The normalized spacial score (nSPS) is 17.2. The lowest BCUT2D eigenvalue weighted by Gasteiger charge is -2.44. The van der Waals surface area contributed by atoms with E-state index in [9.17, 15) is 10.4 Å². The highest BCUT2D eigenvalue weighted by Gasteiger charge is 2.31. The number of benzene rings is 3. The van der Waals surface area contributed by atoms with Crippen molar-refractivity contribution in [3.05, 3.63) is 104 Å². The summed E-state index contributed by atoms with van der Waals surface area (Å²) >= 11 is 9.59. The third-order valence-electron chi connectivity index (χ3n) is 5.95. The van der Waals surface area contributed by atoms with E-state index in [1.807, 2.05) is 54.6 Å². The SMILES string of the molecule is [C-]#[N+]c1ccc([C@H](O)CN2CCN(c3ccc(Br)cc3C#N)[C@H](c3ccc(Cl)cc3)C2)cc1. The van der Waals surface area contributed by atoms with Gasteiger partial charge in [0.1, 0.15) is 6.07 Å². The number of β-amino-alcohol motifs (C(OH)–C–C–N with tert-alkyl or cyclic N) is 1. The maximum absolute atomic E-state index is 10.8. The minimum atomic E-state index is -0.649. The molecule has 0 saturated carbocycles. The number of rotatable bonds is 5. The van der Waals surface area contributed by atoms with E-state index in [0.717, 1.165) is 27.8 Å². The van der Waals surface area contributed by atoms with Crippen LogP contribution >= 0.6 is 27.5 Å². The second-order valence-electron chi connectivity index (χ2n) is 8.01. The average molecular weight is 522 g/mol. The van der Waals surface area contributed by atoms with E-state index < -0.39 is 6.10 Å². The van der Waals surface area contributed by atoms with Crippen molar-refractivity contribution in [3.8, 4) is 6.07 Å². The molecule has 1 fully saturated rings. The van der Waals surface area contributed by atoms with Crippen molar-refractivity contribution in [2.45, 2.75) is 12.1 Å². The van der Waals surface area contributed by atoms with Crippen molar-refractivity contribution < 1.29 is 5.11 Å². The molecule has 0 bridgehead atoms. The van der Waals surface area contributed by atoms with Crippen LogP contribution in [0.25, 0.3) is 4.85 Å². The number of aliphatic hydroxyl groups excluding tert-OH is 1. The van der Waals surface area contributed by atoms with E-state index in [4.69, 9.17) is 18.2 Å². The first kappa shape index (κ1) is 23.3. The highest BCUT2D eigenvalue weighted by molar-refractivity contribution is 9.10. The van der Waals surface area contributed by atoms with Gasteiger partial charge in [0.05, 0.1) is 30.0 Å². The predicted molar refractivity (Wildman–Crippen MR) is 134 cm³/mol. The number of nitrogens with zero attached hydrogens (tertiary/aromatic N) is 4. The number of aliphatic hydroxyl groups is 1. The summed E-state index contributed by atoms with van der Waals surface area (Å²) in [6, 6.07) is 23.0. The van der Waals surface area contributed by atoms with Gasteiger partial charge in [-0.15, -0.1) is 0 Å². The average Bonchev–Trinajstić information content (AvgIpc) is 2.84. The number of piperazine rings is 1. The molecule has 166 valence electrons. The Morgan fingerprint density at radius 1 is 1.12 bits per heavy atom. The summed E-state index contributed by atoms with van der Waals surface area (Å²) in [5, 5.41) is 21.2. The van der Waals surface area contributed by atoms with E-state index in [0.29, 0.717) is 35.9 Å². The Balaban J connectivity index is 1.59. The number of anilines is 1. The molecule has 2 atom stereocenters. The van der Waals surface area contributed by atoms with Crippen LogP contribution in [0, 0.1) is 17.9 Å². The van der Waals surface area contributed by atoms with Crippen molar-refractivity contribution in [2.24, 2.45) is 0 Å². The summed E-state index contributed by atoms with van der Waals surface area (Å²) in [6.45, 7) is 9.74. The van der Waals surface area contributed by atoms with Gasteiger partial charge in [-0.1, -0.05) is 63.9 Å². The fourth-order valence-electron chi connectivity index (χ4n) is 4.23. The Labute approximate surface area is 207 Å². The molecule has 3 aromatic rings. The maximum atomic E-state index is 10.8. The predicted octanol–water partition coefficient (Wildman–Crippen LogP) is 6.12. The van der Waals surface area contributed by atoms with Crippen molar-refractivity contribution >= 4 is 38.9 Å². The van der Waals surface area contributed by atoms with E-state index in [2.05, 4.69) is 36.6 Å². The largest absolute Gasteiger partial charge is 0.387 e. The van der Waals surface area contributed by atoms with Crippen LogP contribution in [0.15, 0.2) is 71.2 Å². The molecule has 33 heavy (non-hydrogen) atoms. The first-order valence-electron chi connectivity index (χ1n) is 10.6. The third kappa shape index (κ3) is 5.38. The van der Waals surface area contributed by atoms with Crippen LogP contribution in [0.3, 0.4) is 0 Å². The molecule has 1 saturated heterocycles. The van der Waals surface area contributed by atoms with Crippen LogP contribution in [-0.4, -0.2) is 36.2 Å². The van der Waals surface area contributed by atoms with Gasteiger partial charge in [0, 0.05) is 35.7 Å². The molecular formula is C26H22BrClN4O. The van der Waals surface area contributed by atoms with Crippen molar-refractivity contribution in [1.82, 2.24) is 4.90 Å². The molecule has 7 heteroatoms. The number of hydrogen-bond acceptors (Lipinski definition) is 4. The molecule has 4 rings (SSSR count). The Morgan fingerprint density at radius 2 is 1.85 bits per heavy atom. The van der Waals surface area contributed by atoms with Crippen LogP contribution in [-0.2, 0) is 0 Å². The molecule has 5 nitrogen and oxygen atoms in total. The topological polar surface area (TPSA) is 54.9 Å². The lowest BCUT2D eigenvalue weighted by Crippen LogP contribution is -2.49. The van der Waals surface area contributed by atoms with Crippen molar-refractivity contribution in [3.63, 3.8) is 0 Å². The Bertz CT molecular complexity index is 1200. The lowest BCUT2D eigenvalue weighted by atomic mass is 9.99. The van der Waals surface area contributed by atoms with Crippen LogP contribution in [0.1, 0.15) is 28.8 Å². The second-order valence-corrected chi connectivity index (χ2v) is 9.36. The Kier molecular flexibility index (Phi) is 7.33. The molecule has 0 unspecified atom stereocenters. The van der Waals surface area contributed by atoms with Crippen LogP contribution < -0.4 is 4.90 Å². The summed E-state index contributed by atoms with van der Waals surface area (Å²) in [6.07, 6.45) is -0.649. The van der Waals surface area contributed by atoms with Gasteiger partial charge >= 0.3 is 0 Å². The van der Waals surface area contributed by atoms with Gasteiger partial charge in [-0.05, 0) is 41.5 Å². The molecule has 0 spiro atoms. The number of hydrogen-bond donors (Lipinski definition) is 1. The molecular weight excluding hydrogens is 500 g/mol. The van der Waals surface area contributed by atoms with Gasteiger partial charge in [-0.2, -0.15) is 5.26 Å². The molecule has 0 amide bonds. The van der Waals surface area contributed by atoms with Crippen LogP contribution in [0.4, 0.5) is 11.4 Å². The van der Waals surface area contributed by atoms with Gasteiger partial charge in [0.15, 0.2) is 5.69 Å². The third-order valence-corrected chi connectivity index (χ3v) is 6.69. The Morgan fingerprint density at radius 3 is 2.52 bits per heavy atom. The molecule has 3 aromatic carbocycles. The first-order chi connectivity index (χ1) is 16.0. The van der Waals surface area contributed by atoms with Crippen LogP contribution in [0.5, 0.6) is 0 Å². The van der Waals surface area contributed by atoms with Crippen molar-refractivity contribution in [2.75, 3.05) is 31.1 Å². The highest BCUT2D eigenvalue weighted by Crippen LogP contribution is 2.35. The fraction of sp³-hybridized carbons (Fsp3) is 0.231. The molecule has 0 aromatic heterocycles. The first-order valence-corrected chi connectivity index (χ1v) is 11.7. The van der Waals surface area contributed by atoms with Gasteiger partial charge in [0.25, 0.3) is 0 Å².